The van der Waals surface area contributed by atoms with E-state index in [-0.39, 0.29) is 25.6 Å². The molecular weight excluding hydrogens is 775 g/mol. The molecule has 8 aromatic rings. The summed E-state index contributed by atoms with van der Waals surface area (Å²) < 4.78 is 4.50. The molecule has 8 rings (SSSR count). The minimum absolute atomic E-state index is 0. The summed E-state index contributed by atoms with van der Waals surface area (Å²) in [4.78, 5) is 4.22. The quantitative estimate of drug-likeness (QED) is 0.121. The summed E-state index contributed by atoms with van der Waals surface area (Å²) in [5.74, 6) is 0. The third kappa shape index (κ3) is 7.07. The van der Waals surface area contributed by atoms with E-state index in [2.05, 4.69) is 162 Å². The third-order valence-corrected chi connectivity index (χ3v) is 8.57. The third-order valence-electron chi connectivity index (χ3n) is 8.57. The van der Waals surface area contributed by atoms with Crippen LogP contribution in [0.1, 0.15) is 19.4 Å². The van der Waals surface area contributed by atoms with Crippen molar-refractivity contribution in [3.63, 3.8) is 0 Å². The molecule has 0 aliphatic heterocycles. The zero-order valence-electron chi connectivity index (χ0n) is 27.4. The van der Waals surface area contributed by atoms with Crippen LogP contribution in [-0.2, 0) is 25.6 Å². The van der Waals surface area contributed by atoms with Crippen molar-refractivity contribution in [3.8, 4) is 39.2 Å². The second kappa shape index (κ2) is 15.2. The Morgan fingerprint density at radius 1 is 0.571 bits per heavy atom. The topological polar surface area (TPSA) is 21.7 Å². The van der Waals surface area contributed by atoms with Gasteiger partial charge in [-0.3, -0.25) is 0 Å². The number of hydrogen-bond donors (Lipinski definition) is 0. The van der Waals surface area contributed by atoms with E-state index < -0.39 is 0 Å². The molecule has 0 radical (unpaired) electrons. The number of imidazole rings is 1. The molecule has 0 saturated heterocycles. The summed E-state index contributed by atoms with van der Waals surface area (Å²) in [5, 5.41) is 0. The van der Waals surface area contributed by atoms with E-state index in [0.717, 1.165) is 33.5 Å². The van der Waals surface area contributed by atoms with Gasteiger partial charge in [0, 0.05) is 6.20 Å². The van der Waals surface area contributed by atoms with Crippen molar-refractivity contribution in [1.29, 1.82) is 0 Å². The van der Waals surface area contributed by atoms with Crippen molar-refractivity contribution in [2.45, 2.75) is 19.4 Å². The van der Waals surface area contributed by atoms with Gasteiger partial charge in [0.15, 0.2) is 0 Å². The molecule has 0 aliphatic carbocycles. The van der Waals surface area contributed by atoms with Gasteiger partial charge >= 0.3 is 20.1 Å². The number of pyridine rings is 1. The molecule has 0 saturated carbocycles. The summed E-state index contributed by atoms with van der Waals surface area (Å²) in [6.45, 7) is 4.46. The Morgan fingerprint density at radius 2 is 1.16 bits per heavy atom. The Hall–Kier alpha value is -5.41. The molecule has 2 aromatic heterocycles. The number of nitrogens with zero attached hydrogens (tertiary/aromatic N) is 3. The van der Waals surface area contributed by atoms with Gasteiger partial charge in [-0.05, 0) is 47.9 Å². The molecule has 4 heteroatoms. The predicted molar refractivity (Wildman–Crippen MR) is 195 cm³/mol. The van der Waals surface area contributed by atoms with Gasteiger partial charge in [0.05, 0.1) is 22.3 Å². The van der Waals surface area contributed by atoms with Gasteiger partial charge in [0.2, 0.25) is 6.33 Å². The van der Waals surface area contributed by atoms with Crippen LogP contribution < -0.4 is 4.57 Å². The summed E-state index contributed by atoms with van der Waals surface area (Å²) >= 11 is 0. The van der Waals surface area contributed by atoms with E-state index in [9.17, 15) is 0 Å². The zero-order chi connectivity index (χ0) is 32.8. The number of para-hydroxylation sites is 3. The molecule has 0 N–H and O–H groups in total. The fraction of sp³-hybridized carbons (Fsp3) is 0.0667. The summed E-state index contributed by atoms with van der Waals surface area (Å²) in [7, 11) is 0. The molecule has 238 valence electrons. The van der Waals surface area contributed by atoms with E-state index in [4.69, 9.17) is 0 Å². The van der Waals surface area contributed by atoms with Gasteiger partial charge < -0.3 is 14.1 Å². The minimum Gasteiger partial charge on any atom is -0.318 e. The van der Waals surface area contributed by atoms with Crippen molar-refractivity contribution in [2.24, 2.45) is 0 Å². The van der Waals surface area contributed by atoms with Crippen LogP contribution in [0.3, 0.4) is 0 Å². The number of rotatable bonds is 6. The number of aromatic nitrogens is 3. The van der Waals surface area contributed by atoms with Crippen LogP contribution in [-0.4, -0.2) is 9.55 Å². The van der Waals surface area contributed by atoms with E-state index in [1.54, 1.807) is 6.20 Å². The van der Waals surface area contributed by atoms with Gasteiger partial charge in [-0.25, -0.2) is 0 Å². The normalized spacial score (nSPS) is 10.9. The van der Waals surface area contributed by atoms with Gasteiger partial charge in [-0.15, -0.1) is 41.5 Å². The second-order valence-electron chi connectivity index (χ2n) is 12.0. The SMILES string of the molecule is CC(C)(c1[c-]cccc1)n1[c-][n+](-c2c(-c3ccccc3)cccc2-c2ccccc2)c2ccccc21.[Ir+3].[c-]1ccccc1-c1ccccn1. The first-order chi connectivity index (χ1) is 23.6. The Labute approximate surface area is 302 Å². The molecule has 0 amide bonds. The average Bonchev–Trinajstić information content (AvgIpc) is 3.57. The number of benzene rings is 6. The van der Waals surface area contributed by atoms with E-state index >= 15 is 0 Å². The van der Waals surface area contributed by atoms with Crippen molar-refractivity contribution in [1.82, 2.24) is 9.55 Å². The first kappa shape index (κ1) is 33.5. The fourth-order valence-electron chi connectivity index (χ4n) is 6.10. The maximum absolute atomic E-state index is 4.22. The Balaban J connectivity index is 0.000000270. The predicted octanol–water partition coefficient (Wildman–Crippen LogP) is 10.2. The van der Waals surface area contributed by atoms with Gasteiger partial charge in [0.25, 0.3) is 0 Å². The maximum atomic E-state index is 4.22. The van der Waals surface area contributed by atoms with Crippen LogP contribution in [0.2, 0.25) is 0 Å². The molecular formula is C45H35IrN3+. The summed E-state index contributed by atoms with van der Waals surface area (Å²) in [6, 6.07) is 64.8. The Kier molecular flexibility index (Phi) is 10.4. The van der Waals surface area contributed by atoms with Gasteiger partial charge in [0.1, 0.15) is 0 Å². The standard InChI is InChI=1S/C34H27N2.C11H8N.Ir/c1-34(2,28-19-10-5-11-20-28)36-25-35(31-23-12-13-24-32(31)36)33-29(26-15-6-3-7-16-26)21-14-22-30(33)27-17-8-4-9-18-27;1-2-6-10(7-3-1)11-8-4-5-9-12-11;/h3-19,21-24H,1-2H3;1-6,8-9H;/q2*-1;+3. The first-order valence-corrected chi connectivity index (χ1v) is 16.2. The van der Waals surface area contributed by atoms with Crippen LogP contribution >= 0.6 is 0 Å². The molecule has 3 nitrogen and oxygen atoms in total. The van der Waals surface area contributed by atoms with Crippen LogP contribution in [0.4, 0.5) is 0 Å². The summed E-state index contributed by atoms with van der Waals surface area (Å²) in [6.07, 6.45) is 5.57. The monoisotopic (exact) mass is 810 g/mol. The maximum Gasteiger partial charge on any atom is 3.00 e. The van der Waals surface area contributed by atoms with Crippen LogP contribution in [0, 0.1) is 18.5 Å². The average molecular weight is 810 g/mol. The smallest absolute Gasteiger partial charge is 0.318 e. The molecule has 0 atom stereocenters. The van der Waals surface area contributed by atoms with Crippen molar-refractivity contribution < 1.29 is 24.7 Å². The Bertz CT molecular complexity index is 2140. The van der Waals surface area contributed by atoms with Gasteiger partial charge in [-0.1, -0.05) is 115 Å². The largest absolute Gasteiger partial charge is 3.00 e. The van der Waals surface area contributed by atoms with E-state index in [1.165, 1.54) is 22.3 Å². The van der Waals surface area contributed by atoms with E-state index in [1.807, 2.05) is 54.6 Å². The number of fused-ring (bicyclic) bond motifs is 1. The molecule has 0 fully saturated rings. The molecule has 2 heterocycles. The molecule has 49 heavy (non-hydrogen) atoms. The molecule has 0 spiro atoms. The van der Waals surface area contributed by atoms with Crippen molar-refractivity contribution in [2.75, 3.05) is 0 Å². The first-order valence-electron chi connectivity index (χ1n) is 16.2. The molecule has 0 aliphatic rings. The zero-order valence-corrected chi connectivity index (χ0v) is 29.8. The van der Waals surface area contributed by atoms with Crippen LogP contribution in [0.15, 0.2) is 176 Å². The van der Waals surface area contributed by atoms with Crippen molar-refractivity contribution >= 4 is 11.0 Å². The van der Waals surface area contributed by atoms with E-state index in [0.29, 0.717) is 0 Å². The summed E-state index contributed by atoms with van der Waals surface area (Å²) in [5.41, 5.74) is 10.8. The minimum atomic E-state index is -0.347. The molecule has 6 aromatic carbocycles. The van der Waals surface area contributed by atoms with Crippen LogP contribution in [0.25, 0.3) is 50.2 Å². The fourth-order valence-corrected chi connectivity index (χ4v) is 6.10. The van der Waals surface area contributed by atoms with Gasteiger partial charge in [-0.2, -0.15) is 30.3 Å². The molecule has 0 bridgehead atoms. The van der Waals surface area contributed by atoms with Crippen molar-refractivity contribution in [3.05, 3.63) is 200 Å². The Morgan fingerprint density at radius 3 is 1.76 bits per heavy atom. The second-order valence-corrected chi connectivity index (χ2v) is 12.0. The van der Waals surface area contributed by atoms with Crippen LogP contribution in [0.5, 0.6) is 0 Å². The number of hydrogen-bond acceptors (Lipinski definition) is 1. The molecule has 0 unspecified atom stereocenters.